The number of ether oxygens (including phenoxy) is 1. The van der Waals surface area contributed by atoms with E-state index in [2.05, 4.69) is 48.3 Å². The van der Waals surface area contributed by atoms with Crippen LogP contribution in [0.2, 0.25) is 0 Å². The molecule has 1 N–H and O–H groups in total. The van der Waals surface area contributed by atoms with E-state index < -0.39 is 0 Å². The molecule has 112 valence electrons. The number of benzene rings is 1. The molecule has 20 heavy (non-hydrogen) atoms. The average Bonchev–Trinajstić information content (AvgIpc) is 2.69. The van der Waals surface area contributed by atoms with Gasteiger partial charge in [0, 0.05) is 19.1 Å². The lowest BCUT2D eigenvalue weighted by atomic mass is 10.2. The molecule has 1 atom stereocenters. The van der Waals surface area contributed by atoms with Crippen molar-refractivity contribution >= 4 is 5.69 Å². The summed E-state index contributed by atoms with van der Waals surface area (Å²) in [6, 6.07) is 8.90. The van der Waals surface area contributed by atoms with Gasteiger partial charge in [-0.15, -0.1) is 0 Å². The van der Waals surface area contributed by atoms with Crippen LogP contribution in [0.5, 0.6) is 5.75 Å². The summed E-state index contributed by atoms with van der Waals surface area (Å²) < 4.78 is 5.82. The molecule has 3 heteroatoms. The lowest BCUT2D eigenvalue weighted by Gasteiger charge is -2.30. The fraction of sp³-hybridized carbons (Fsp3) is 0.647. The normalized spacial score (nSPS) is 16.2. The highest BCUT2D eigenvalue weighted by molar-refractivity contribution is 5.59. The predicted octanol–water partition coefficient (Wildman–Crippen LogP) is 3.44. The van der Waals surface area contributed by atoms with E-state index in [-0.39, 0.29) is 0 Å². The van der Waals surface area contributed by atoms with Gasteiger partial charge >= 0.3 is 0 Å². The Balaban J connectivity index is 1.90. The van der Waals surface area contributed by atoms with Gasteiger partial charge in [0.25, 0.3) is 0 Å². The van der Waals surface area contributed by atoms with Crippen LogP contribution in [0.4, 0.5) is 5.69 Å². The van der Waals surface area contributed by atoms with Gasteiger partial charge in [-0.2, -0.15) is 0 Å². The smallest absolute Gasteiger partial charge is 0.142 e. The SMILES string of the molecule is CCCCCNCC(C)N1CCCOc2ccccc21. The fourth-order valence-electron chi connectivity index (χ4n) is 2.73. The molecule has 0 spiro atoms. The molecule has 2 rings (SSSR count). The summed E-state index contributed by atoms with van der Waals surface area (Å²) >= 11 is 0. The largest absolute Gasteiger partial charge is 0.491 e. The Morgan fingerprint density at radius 1 is 1.30 bits per heavy atom. The van der Waals surface area contributed by atoms with Crippen LogP contribution < -0.4 is 15.0 Å². The third-order valence-corrected chi connectivity index (χ3v) is 3.90. The van der Waals surface area contributed by atoms with Crippen LogP contribution in [0.15, 0.2) is 24.3 Å². The minimum Gasteiger partial charge on any atom is -0.491 e. The first-order chi connectivity index (χ1) is 9.83. The van der Waals surface area contributed by atoms with E-state index in [0.717, 1.165) is 38.4 Å². The molecule has 0 radical (unpaired) electrons. The lowest BCUT2D eigenvalue weighted by Crippen LogP contribution is -2.41. The quantitative estimate of drug-likeness (QED) is 0.772. The van der Waals surface area contributed by atoms with E-state index in [9.17, 15) is 0 Å². The summed E-state index contributed by atoms with van der Waals surface area (Å²) in [4.78, 5) is 2.48. The van der Waals surface area contributed by atoms with Gasteiger partial charge in [0.15, 0.2) is 0 Å². The number of nitrogens with one attached hydrogen (secondary N) is 1. The van der Waals surface area contributed by atoms with Crippen LogP contribution in [0.25, 0.3) is 0 Å². The summed E-state index contributed by atoms with van der Waals surface area (Å²) in [6.07, 6.45) is 4.98. The highest BCUT2D eigenvalue weighted by Gasteiger charge is 2.20. The third kappa shape index (κ3) is 4.14. The van der Waals surface area contributed by atoms with Crippen molar-refractivity contribution in [2.24, 2.45) is 0 Å². The molecular formula is C17H28N2O. The molecule has 1 heterocycles. The highest BCUT2D eigenvalue weighted by Crippen LogP contribution is 2.31. The number of fused-ring (bicyclic) bond motifs is 1. The molecule has 0 fully saturated rings. The number of para-hydroxylation sites is 2. The zero-order chi connectivity index (χ0) is 14.2. The highest BCUT2D eigenvalue weighted by atomic mass is 16.5. The van der Waals surface area contributed by atoms with Crippen LogP contribution in [0.3, 0.4) is 0 Å². The molecule has 0 amide bonds. The molecule has 1 unspecified atom stereocenters. The van der Waals surface area contributed by atoms with E-state index >= 15 is 0 Å². The summed E-state index contributed by atoms with van der Waals surface area (Å²) in [5.74, 6) is 1.03. The minimum absolute atomic E-state index is 0.500. The molecule has 1 aromatic rings. The zero-order valence-corrected chi connectivity index (χ0v) is 12.9. The van der Waals surface area contributed by atoms with Gasteiger partial charge in [0.2, 0.25) is 0 Å². The molecule has 0 saturated carbocycles. The Kier molecular flexibility index (Phi) is 6.19. The van der Waals surface area contributed by atoms with Crippen LogP contribution in [0, 0.1) is 0 Å². The standard InChI is InChI=1S/C17H28N2O/c1-3-4-7-11-18-14-15(2)19-12-8-13-20-17-10-6-5-9-16(17)19/h5-6,9-10,15,18H,3-4,7-8,11-14H2,1-2H3. The number of hydrogen-bond donors (Lipinski definition) is 1. The van der Waals surface area contributed by atoms with Crippen LogP contribution in [0.1, 0.15) is 39.5 Å². The first-order valence-electron chi connectivity index (χ1n) is 8.02. The monoisotopic (exact) mass is 276 g/mol. The van der Waals surface area contributed by atoms with E-state index in [1.807, 2.05) is 0 Å². The van der Waals surface area contributed by atoms with Gasteiger partial charge in [-0.1, -0.05) is 31.9 Å². The fourth-order valence-corrected chi connectivity index (χ4v) is 2.73. The van der Waals surface area contributed by atoms with E-state index in [0.29, 0.717) is 6.04 Å². The van der Waals surface area contributed by atoms with Crippen molar-refractivity contribution in [2.45, 2.75) is 45.6 Å². The number of hydrogen-bond acceptors (Lipinski definition) is 3. The molecule has 0 bridgehead atoms. The van der Waals surface area contributed by atoms with Gasteiger partial charge in [-0.05, 0) is 38.4 Å². The van der Waals surface area contributed by atoms with E-state index in [1.54, 1.807) is 0 Å². The average molecular weight is 276 g/mol. The van der Waals surface area contributed by atoms with Crippen molar-refractivity contribution in [1.82, 2.24) is 5.32 Å². The Morgan fingerprint density at radius 2 is 2.15 bits per heavy atom. The van der Waals surface area contributed by atoms with Crippen LogP contribution in [-0.2, 0) is 0 Å². The Hall–Kier alpha value is -1.22. The van der Waals surface area contributed by atoms with Crippen molar-refractivity contribution in [1.29, 1.82) is 0 Å². The van der Waals surface area contributed by atoms with Gasteiger partial charge in [0.1, 0.15) is 5.75 Å². The number of nitrogens with zero attached hydrogens (tertiary/aromatic N) is 1. The van der Waals surface area contributed by atoms with Crippen molar-refractivity contribution in [3.8, 4) is 5.75 Å². The first kappa shape index (κ1) is 15.2. The van der Waals surface area contributed by atoms with Gasteiger partial charge < -0.3 is 15.0 Å². The van der Waals surface area contributed by atoms with Crippen LogP contribution in [-0.4, -0.2) is 32.3 Å². The van der Waals surface area contributed by atoms with Crippen molar-refractivity contribution < 1.29 is 4.74 Å². The summed E-state index contributed by atoms with van der Waals surface area (Å²) in [6.45, 7) is 8.62. The van der Waals surface area contributed by atoms with Crippen LogP contribution >= 0.6 is 0 Å². The molecule has 1 aliphatic heterocycles. The Morgan fingerprint density at radius 3 is 3.00 bits per heavy atom. The summed E-state index contributed by atoms with van der Waals surface area (Å²) in [5.41, 5.74) is 1.24. The van der Waals surface area contributed by atoms with E-state index in [1.165, 1.54) is 24.9 Å². The maximum atomic E-state index is 5.82. The Bertz CT molecular complexity index is 394. The second-order valence-electron chi connectivity index (χ2n) is 5.62. The van der Waals surface area contributed by atoms with Crippen molar-refractivity contribution in [3.05, 3.63) is 24.3 Å². The van der Waals surface area contributed by atoms with E-state index in [4.69, 9.17) is 4.74 Å². The second kappa shape index (κ2) is 8.15. The molecule has 0 aromatic heterocycles. The summed E-state index contributed by atoms with van der Waals surface area (Å²) in [5, 5.41) is 3.59. The third-order valence-electron chi connectivity index (χ3n) is 3.90. The second-order valence-corrected chi connectivity index (χ2v) is 5.62. The first-order valence-corrected chi connectivity index (χ1v) is 8.02. The van der Waals surface area contributed by atoms with Gasteiger partial charge in [0.05, 0.1) is 12.3 Å². The number of anilines is 1. The minimum atomic E-state index is 0.500. The molecule has 0 aliphatic carbocycles. The zero-order valence-electron chi connectivity index (χ0n) is 12.9. The van der Waals surface area contributed by atoms with Gasteiger partial charge in [-0.3, -0.25) is 0 Å². The number of unbranched alkanes of at least 4 members (excludes halogenated alkanes) is 2. The van der Waals surface area contributed by atoms with Gasteiger partial charge in [-0.25, -0.2) is 0 Å². The van der Waals surface area contributed by atoms with Crippen molar-refractivity contribution in [2.75, 3.05) is 31.1 Å². The number of rotatable bonds is 7. The van der Waals surface area contributed by atoms with Crippen molar-refractivity contribution in [3.63, 3.8) is 0 Å². The maximum absolute atomic E-state index is 5.82. The topological polar surface area (TPSA) is 24.5 Å². The molecular weight excluding hydrogens is 248 g/mol. The Labute approximate surface area is 123 Å². The lowest BCUT2D eigenvalue weighted by molar-refractivity contribution is 0.322. The predicted molar refractivity (Wildman–Crippen MR) is 85.8 cm³/mol. The molecule has 3 nitrogen and oxygen atoms in total. The maximum Gasteiger partial charge on any atom is 0.142 e. The molecule has 1 aromatic carbocycles. The molecule has 0 saturated heterocycles. The summed E-state index contributed by atoms with van der Waals surface area (Å²) in [7, 11) is 0. The molecule has 1 aliphatic rings.